The molecule has 3 aliphatic heterocycles. The fourth-order valence-electron chi connectivity index (χ4n) is 4.30. The molecule has 4 fully saturated rings. The topological polar surface area (TPSA) is 32.5 Å². The van der Waals surface area contributed by atoms with Crippen LogP contribution in [0.25, 0.3) is 0 Å². The van der Waals surface area contributed by atoms with Crippen molar-refractivity contribution in [1.82, 2.24) is 9.80 Å². The zero-order valence-corrected chi connectivity index (χ0v) is 11.9. The maximum atomic E-state index is 6.29. The third kappa shape index (κ3) is 2.10. The molecule has 3 saturated heterocycles. The van der Waals surface area contributed by atoms with Crippen LogP contribution in [-0.2, 0) is 0 Å². The second-order valence-corrected chi connectivity index (χ2v) is 6.64. The maximum Gasteiger partial charge on any atom is 0.0490 e. The monoisotopic (exact) mass is 251 g/mol. The van der Waals surface area contributed by atoms with Gasteiger partial charge in [0, 0.05) is 24.7 Å². The predicted octanol–water partition coefficient (Wildman–Crippen LogP) is 1.67. The quantitative estimate of drug-likeness (QED) is 0.779. The minimum absolute atomic E-state index is 0.326. The van der Waals surface area contributed by atoms with E-state index in [9.17, 15) is 0 Å². The van der Waals surface area contributed by atoms with E-state index in [0.29, 0.717) is 5.54 Å². The van der Waals surface area contributed by atoms with E-state index in [1.165, 1.54) is 64.7 Å². The van der Waals surface area contributed by atoms with Gasteiger partial charge in [-0.25, -0.2) is 0 Å². The van der Waals surface area contributed by atoms with Crippen molar-refractivity contribution >= 4 is 0 Å². The number of nitrogens with zero attached hydrogens (tertiary/aromatic N) is 2. The van der Waals surface area contributed by atoms with E-state index < -0.39 is 0 Å². The molecule has 1 saturated carbocycles. The van der Waals surface area contributed by atoms with Gasteiger partial charge in [0.25, 0.3) is 0 Å². The predicted molar refractivity (Wildman–Crippen MR) is 75.6 cm³/mol. The van der Waals surface area contributed by atoms with Crippen molar-refractivity contribution in [3.63, 3.8) is 0 Å². The number of piperidine rings is 3. The van der Waals surface area contributed by atoms with Gasteiger partial charge in [-0.2, -0.15) is 0 Å². The summed E-state index contributed by atoms with van der Waals surface area (Å²) in [6.45, 7) is 8.33. The Kier molecular flexibility index (Phi) is 3.65. The Labute approximate surface area is 112 Å². The van der Waals surface area contributed by atoms with E-state index >= 15 is 0 Å². The van der Waals surface area contributed by atoms with E-state index in [1.807, 2.05) is 0 Å². The summed E-state index contributed by atoms with van der Waals surface area (Å²) in [5.41, 5.74) is 6.62. The van der Waals surface area contributed by atoms with Crippen LogP contribution < -0.4 is 5.73 Å². The first-order valence-electron chi connectivity index (χ1n) is 7.99. The van der Waals surface area contributed by atoms with Crippen molar-refractivity contribution in [3.05, 3.63) is 0 Å². The maximum absolute atomic E-state index is 6.29. The normalized spacial score (nSPS) is 39.5. The molecule has 0 amide bonds. The van der Waals surface area contributed by atoms with Crippen LogP contribution in [0.3, 0.4) is 0 Å². The molecule has 2 bridgehead atoms. The molecule has 104 valence electrons. The number of hydrogen-bond donors (Lipinski definition) is 1. The second kappa shape index (κ2) is 5.10. The Morgan fingerprint density at radius 1 is 1.22 bits per heavy atom. The first-order valence-corrected chi connectivity index (χ1v) is 7.99. The lowest BCUT2D eigenvalue weighted by Crippen LogP contribution is -2.70. The van der Waals surface area contributed by atoms with Gasteiger partial charge >= 0.3 is 0 Å². The lowest BCUT2D eigenvalue weighted by molar-refractivity contribution is -0.0718. The Bertz CT molecular complexity index is 281. The molecule has 3 heteroatoms. The van der Waals surface area contributed by atoms with E-state index in [0.717, 1.165) is 18.5 Å². The van der Waals surface area contributed by atoms with E-state index in [2.05, 4.69) is 16.7 Å². The summed E-state index contributed by atoms with van der Waals surface area (Å²) in [4.78, 5) is 5.50. The summed E-state index contributed by atoms with van der Waals surface area (Å²) in [7, 11) is 0. The lowest BCUT2D eigenvalue weighted by atomic mass is 9.71. The highest BCUT2D eigenvalue weighted by Gasteiger charge is 2.52. The minimum Gasteiger partial charge on any atom is -0.329 e. The number of nitrogens with two attached hydrogens (primary N) is 1. The highest BCUT2D eigenvalue weighted by molar-refractivity contribution is 5.09. The van der Waals surface area contributed by atoms with Gasteiger partial charge in [0.15, 0.2) is 0 Å². The molecule has 1 unspecified atom stereocenters. The van der Waals surface area contributed by atoms with Gasteiger partial charge in [0.2, 0.25) is 0 Å². The second-order valence-electron chi connectivity index (χ2n) is 6.64. The van der Waals surface area contributed by atoms with Gasteiger partial charge in [0.1, 0.15) is 0 Å². The summed E-state index contributed by atoms with van der Waals surface area (Å²) in [5, 5.41) is 0. The third-order valence-electron chi connectivity index (χ3n) is 5.51. The highest BCUT2D eigenvalue weighted by atomic mass is 15.3. The van der Waals surface area contributed by atoms with Crippen LogP contribution >= 0.6 is 0 Å². The van der Waals surface area contributed by atoms with Crippen LogP contribution in [0.5, 0.6) is 0 Å². The number of fused-ring (bicyclic) bond motifs is 3. The molecule has 0 radical (unpaired) electrons. The smallest absolute Gasteiger partial charge is 0.0490 e. The van der Waals surface area contributed by atoms with Gasteiger partial charge < -0.3 is 10.6 Å². The van der Waals surface area contributed by atoms with Gasteiger partial charge in [-0.05, 0) is 57.7 Å². The van der Waals surface area contributed by atoms with Crippen molar-refractivity contribution < 1.29 is 0 Å². The summed E-state index contributed by atoms with van der Waals surface area (Å²) >= 11 is 0. The van der Waals surface area contributed by atoms with E-state index in [-0.39, 0.29) is 0 Å². The largest absolute Gasteiger partial charge is 0.329 e. The molecule has 3 nitrogen and oxygen atoms in total. The van der Waals surface area contributed by atoms with Crippen LogP contribution in [0, 0.1) is 5.92 Å². The van der Waals surface area contributed by atoms with Crippen molar-refractivity contribution in [3.8, 4) is 0 Å². The van der Waals surface area contributed by atoms with E-state index in [4.69, 9.17) is 5.73 Å². The van der Waals surface area contributed by atoms with Gasteiger partial charge in [-0.3, -0.25) is 4.90 Å². The van der Waals surface area contributed by atoms with Crippen LogP contribution in [0.15, 0.2) is 0 Å². The summed E-state index contributed by atoms with van der Waals surface area (Å²) in [5.74, 6) is 0.866. The lowest BCUT2D eigenvalue weighted by Gasteiger charge is -2.58. The molecule has 4 rings (SSSR count). The molecule has 0 spiro atoms. The zero-order chi connectivity index (χ0) is 12.6. The van der Waals surface area contributed by atoms with Crippen LogP contribution in [0.1, 0.15) is 45.4 Å². The fraction of sp³-hybridized carbons (Fsp3) is 1.00. The first-order chi connectivity index (χ1) is 8.80. The summed E-state index contributed by atoms with van der Waals surface area (Å²) < 4.78 is 0. The van der Waals surface area contributed by atoms with E-state index in [1.54, 1.807) is 0 Å². The zero-order valence-electron chi connectivity index (χ0n) is 11.9. The van der Waals surface area contributed by atoms with Gasteiger partial charge in [-0.15, -0.1) is 0 Å². The van der Waals surface area contributed by atoms with Gasteiger partial charge in [-0.1, -0.05) is 13.3 Å². The van der Waals surface area contributed by atoms with Crippen LogP contribution in [-0.4, -0.2) is 54.1 Å². The standard InChI is InChI=1S/C15H29N3/c1-2-3-8-18(14-4-5-14)15(11-16)12-17-9-6-13(15)7-10-17/h13-14H,2-12,16H2,1H3. The Hall–Kier alpha value is -0.120. The van der Waals surface area contributed by atoms with Crippen LogP contribution in [0.4, 0.5) is 0 Å². The van der Waals surface area contributed by atoms with Crippen molar-refractivity contribution in [2.75, 3.05) is 32.7 Å². The summed E-state index contributed by atoms with van der Waals surface area (Å²) in [6.07, 6.45) is 8.23. The van der Waals surface area contributed by atoms with Crippen LogP contribution in [0.2, 0.25) is 0 Å². The molecule has 2 N–H and O–H groups in total. The average Bonchev–Trinajstić information content (AvgIpc) is 3.25. The molecule has 0 aromatic rings. The molecule has 18 heavy (non-hydrogen) atoms. The SMILES string of the molecule is CCCCN(C1CC1)C1(CN)CN2CCC1CC2. The average molecular weight is 251 g/mol. The fourth-order valence-corrected chi connectivity index (χ4v) is 4.30. The molecular weight excluding hydrogens is 222 g/mol. The first kappa shape index (κ1) is 12.9. The molecule has 1 atom stereocenters. The molecule has 0 aromatic heterocycles. The summed E-state index contributed by atoms with van der Waals surface area (Å²) in [6, 6.07) is 0.862. The number of unbranched alkanes of at least 4 members (excludes halogenated alkanes) is 1. The molecular formula is C15H29N3. The van der Waals surface area contributed by atoms with Crippen molar-refractivity contribution in [1.29, 1.82) is 0 Å². The molecule has 0 aromatic carbocycles. The molecule has 3 heterocycles. The molecule has 4 aliphatic rings. The van der Waals surface area contributed by atoms with Gasteiger partial charge in [0.05, 0.1) is 0 Å². The Morgan fingerprint density at radius 3 is 2.39 bits per heavy atom. The third-order valence-corrected chi connectivity index (χ3v) is 5.51. The molecule has 1 aliphatic carbocycles. The Morgan fingerprint density at radius 2 is 1.94 bits per heavy atom. The number of rotatable bonds is 6. The van der Waals surface area contributed by atoms with Crippen molar-refractivity contribution in [2.45, 2.75) is 57.0 Å². The Balaban J connectivity index is 1.79. The highest BCUT2D eigenvalue weighted by Crippen LogP contribution is 2.44. The number of hydrogen-bond acceptors (Lipinski definition) is 3. The minimum atomic E-state index is 0.326. The van der Waals surface area contributed by atoms with Crippen molar-refractivity contribution in [2.24, 2.45) is 11.7 Å².